The fourth-order valence-corrected chi connectivity index (χ4v) is 1.45. The molecule has 0 atom stereocenters. The summed E-state index contributed by atoms with van der Waals surface area (Å²) in [6.07, 6.45) is 3.29. The van der Waals surface area contributed by atoms with Crippen LogP contribution in [0.1, 0.15) is 11.3 Å². The van der Waals surface area contributed by atoms with E-state index in [0.717, 1.165) is 17.0 Å². The maximum absolute atomic E-state index is 9.10. The second kappa shape index (κ2) is 4.11. The third-order valence-corrected chi connectivity index (χ3v) is 2.27. The molecule has 0 spiro atoms. The molecule has 1 aromatic heterocycles. The van der Waals surface area contributed by atoms with Gasteiger partial charge in [-0.3, -0.25) is 0 Å². The van der Waals surface area contributed by atoms with Gasteiger partial charge in [-0.15, -0.1) is 0 Å². The van der Waals surface area contributed by atoms with Crippen molar-refractivity contribution < 1.29 is 5.11 Å². The molecule has 0 saturated heterocycles. The van der Waals surface area contributed by atoms with Crippen LogP contribution >= 0.6 is 0 Å². The Bertz CT molecular complexity index is 459. The molecule has 2 rings (SSSR count). The molecule has 1 heterocycles. The third kappa shape index (κ3) is 1.82. The van der Waals surface area contributed by atoms with Crippen molar-refractivity contribution in [2.24, 2.45) is 0 Å². The fraction of sp³-hybridized carbons (Fsp3) is 0.0833. The SMILES string of the molecule is C=C(c1ccccc1)n1cncc1CO. The minimum atomic E-state index is -0.0359. The van der Waals surface area contributed by atoms with Gasteiger partial charge in [0.25, 0.3) is 0 Å². The Morgan fingerprint density at radius 3 is 2.73 bits per heavy atom. The van der Waals surface area contributed by atoms with Crippen molar-refractivity contribution in [2.75, 3.05) is 0 Å². The summed E-state index contributed by atoms with van der Waals surface area (Å²) in [7, 11) is 0. The van der Waals surface area contributed by atoms with Crippen LogP contribution in [0.25, 0.3) is 5.70 Å². The van der Waals surface area contributed by atoms with Crippen molar-refractivity contribution in [3.63, 3.8) is 0 Å². The molecule has 3 nitrogen and oxygen atoms in total. The van der Waals surface area contributed by atoms with Crippen LogP contribution in [0, 0.1) is 0 Å². The van der Waals surface area contributed by atoms with E-state index in [1.165, 1.54) is 0 Å². The van der Waals surface area contributed by atoms with Gasteiger partial charge in [0, 0.05) is 5.70 Å². The highest BCUT2D eigenvalue weighted by molar-refractivity contribution is 5.64. The van der Waals surface area contributed by atoms with Crippen LogP contribution in [0.5, 0.6) is 0 Å². The molecule has 76 valence electrons. The van der Waals surface area contributed by atoms with Gasteiger partial charge in [-0.05, 0) is 5.56 Å². The van der Waals surface area contributed by atoms with Crippen molar-refractivity contribution in [1.29, 1.82) is 0 Å². The molecule has 0 bridgehead atoms. The zero-order valence-corrected chi connectivity index (χ0v) is 8.30. The van der Waals surface area contributed by atoms with Gasteiger partial charge in [0.2, 0.25) is 0 Å². The molecule has 0 radical (unpaired) electrons. The number of benzene rings is 1. The monoisotopic (exact) mass is 200 g/mol. The number of rotatable bonds is 3. The molecule has 0 amide bonds. The first-order chi connectivity index (χ1) is 7.33. The first kappa shape index (κ1) is 9.68. The van der Waals surface area contributed by atoms with E-state index in [4.69, 9.17) is 5.11 Å². The van der Waals surface area contributed by atoms with Gasteiger partial charge in [-0.1, -0.05) is 36.9 Å². The maximum Gasteiger partial charge on any atom is 0.0995 e. The smallest absolute Gasteiger partial charge is 0.0995 e. The summed E-state index contributed by atoms with van der Waals surface area (Å²) < 4.78 is 1.79. The number of imidazole rings is 1. The topological polar surface area (TPSA) is 38.0 Å². The zero-order valence-electron chi connectivity index (χ0n) is 8.30. The average Bonchev–Trinajstić information content (AvgIpc) is 2.77. The standard InChI is InChI=1S/C12H12N2O/c1-10(11-5-3-2-4-6-11)14-9-13-7-12(14)8-15/h2-7,9,15H,1,8H2. The summed E-state index contributed by atoms with van der Waals surface area (Å²) in [6, 6.07) is 9.82. The minimum Gasteiger partial charge on any atom is -0.390 e. The molecule has 0 aliphatic heterocycles. The Balaban J connectivity index is 2.37. The van der Waals surface area contributed by atoms with Gasteiger partial charge in [-0.2, -0.15) is 0 Å². The lowest BCUT2D eigenvalue weighted by molar-refractivity contribution is 0.275. The predicted octanol–water partition coefficient (Wildman–Crippen LogP) is 1.89. The van der Waals surface area contributed by atoms with Crippen LogP contribution in [-0.4, -0.2) is 14.7 Å². The Morgan fingerprint density at radius 2 is 2.07 bits per heavy atom. The largest absolute Gasteiger partial charge is 0.390 e. The second-order valence-electron chi connectivity index (χ2n) is 3.23. The first-order valence-electron chi connectivity index (χ1n) is 4.69. The third-order valence-electron chi connectivity index (χ3n) is 2.27. The van der Waals surface area contributed by atoms with Crippen LogP contribution < -0.4 is 0 Å². The van der Waals surface area contributed by atoms with Crippen molar-refractivity contribution in [1.82, 2.24) is 9.55 Å². The van der Waals surface area contributed by atoms with E-state index in [1.54, 1.807) is 17.1 Å². The molecule has 0 unspecified atom stereocenters. The summed E-state index contributed by atoms with van der Waals surface area (Å²) >= 11 is 0. The van der Waals surface area contributed by atoms with E-state index in [-0.39, 0.29) is 6.61 Å². The molecule has 0 saturated carbocycles. The molecule has 0 aliphatic carbocycles. The minimum absolute atomic E-state index is 0.0359. The van der Waals surface area contributed by atoms with Crippen molar-refractivity contribution in [3.8, 4) is 0 Å². The summed E-state index contributed by atoms with van der Waals surface area (Å²) in [6.45, 7) is 3.95. The summed E-state index contributed by atoms with van der Waals surface area (Å²) in [5.74, 6) is 0. The van der Waals surface area contributed by atoms with E-state index >= 15 is 0 Å². The van der Waals surface area contributed by atoms with Crippen molar-refractivity contribution in [3.05, 3.63) is 60.7 Å². The Morgan fingerprint density at radius 1 is 1.33 bits per heavy atom. The lowest BCUT2D eigenvalue weighted by Gasteiger charge is -2.09. The highest BCUT2D eigenvalue weighted by Crippen LogP contribution is 2.16. The van der Waals surface area contributed by atoms with Crippen LogP contribution in [0.4, 0.5) is 0 Å². The predicted molar refractivity (Wildman–Crippen MR) is 59.0 cm³/mol. The lowest BCUT2D eigenvalue weighted by atomic mass is 10.2. The highest BCUT2D eigenvalue weighted by Gasteiger charge is 2.05. The molecule has 0 aliphatic rings. The van der Waals surface area contributed by atoms with Gasteiger partial charge in [-0.25, -0.2) is 4.98 Å². The maximum atomic E-state index is 9.10. The van der Waals surface area contributed by atoms with Crippen LogP contribution in [0.15, 0.2) is 49.4 Å². The van der Waals surface area contributed by atoms with E-state index in [9.17, 15) is 0 Å². The number of hydrogen-bond acceptors (Lipinski definition) is 2. The van der Waals surface area contributed by atoms with E-state index in [0.29, 0.717) is 0 Å². The number of nitrogens with zero attached hydrogens (tertiary/aromatic N) is 2. The molecule has 15 heavy (non-hydrogen) atoms. The van der Waals surface area contributed by atoms with Crippen molar-refractivity contribution in [2.45, 2.75) is 6.61 Å². The fourth-order valence-electron chi connectivity index (χ4n) is 1.45. The molecular weight excluding hydrogens is 188 g/mol. The molecular formula is C12H12N2O. The normalized spacial score (nSPS) is 10.2. The molecule has 1 N–H and O–H groups in total. The number of hydrogen-bond donors (Lipinski definition) is 1. The van der Waals surface area contributed by atoms with Crippen LogP contribution in [0.2, 0.25) is 0 Å². The first-order valence-corrected chi connectivity index (χ1v) is 4.69. The van der Waals surface area contributed by atoms with Gasteiger partial charge in [0.05, 0.1) is 24.8 Å². The summed E-state index contributed by atoms with van der Waals surface area (Å²) in [4.78, 5) is 3.98. The Hall–Kier alpha value is -1.87. The van der Waals surface area contributed by atoms with Crippen LogP contribution in [-0.2, 0) is 6.61 Å². The lowest BCUT2D eigenvalue weighted by Crippen LogP contribution is -2.00. The summed E-state index contributed by atoms with van der Waals surface area (Å²) in [5, 5.41) is 9.10. The van der Waals surface area contributed by atoms with Crippen LogP contribution in [0.3, 0.4) is 0 Å². The number of aromatic nitrogens is 2. The quantitative estimate of drug-likeness (QED) is 0.821. The van der Waals surface area contributed by atoms with Gasteiger partial charge in [0.15, 0.2) is 0 Å². The molecule has 1 aromatic carbocycles. The van der Waals surface area contributed by atoms with Gasteiger partial charge >= 0.3 is 0 Å². The number of aliphatic hydroxyl groups is 1. The van der Waals surface area contributed by atoms with Gasteiger partial charge in [0.1, 0.15) is 0 Å². The van der Waals surface area contributed by atoms with E-state index in [2.05, 4.69) is 11.6 Å². The number of aliphatic hydroxyl groups excluding tert-OH is 1. The zero-order chi connectivity index (χ0) is 10.7. The Kier molecular flexibility index (Phi) is 2.65. The highest BCUT2D eigenvalue weighted by atomic mass is 16.3. The van der Waals surface area contributed by atoms with Gasteiger partial charge < -0.3 is 9.67 Å². The van der Waals surface area contributed by atoms with Crippen molar-refractivity contribution >= 4 is 5.70 Å². The van der Waals surface area contributed by atoms with E-state index in [1.807, 2.05) is 30.3 Å². The molecule has 3 heteroatoms. The molecule has 0 fully saturated rings. The Labute approximate surface area is 88.3 Å². The second-order valence-corrected chi connectivity index (χ2v) is 3.23. The van der Waals surface area contributed by atoms with E-state index < -0.39 is 0 Å². The average molecular weight is 200 g/mol. The summed E-state index contributed by atoms with van der Waals surface area (Å²) in [5.41, 5.74) is 2.58. The molecule has 2 aromatic rings.